The first-order valence-corrected chi connectivity index (χ1v) is 6.56. The number of ether oxygens (including phenoxy) is 2. The van der Waals surface area contributed by atoms with Crippen LogP contribution in [0.2, 0.25) is 0 Å². The SMILES string of the molecule is CCCc1cn(CC(=O)O)c2cc(OC)c(OC)cc12. The van der Waals surface area contributed by atoms with Crippen LogP contribution in [0.4, 0.5) is 0 Å². The van der Waals surface area contributed by atoms with Crippen LogP contribution in [-0.4, -0.2) is 29.9 Å². The topological polar surface area (TPSA) is 60.7 Å². The van der Waals surface area contributed by atoms with Crippen LogP contribution in [0.1, 0.15) is 18.9 Å². The molecule has 0 aliphatic carbocycles. The van der Waals surface area contributed by atoms with E-state index in [4.69, 9.17) is 14.6 Å². The highest BCUT2D eigenvalue weighted by atomic mass is 16.5. The third-order valence-corrected chi connectivity index (χ3v) is 3.29. The van der Waals surface area contributed by atoms with E-state index < -0.39 is 5.97 Å². The predicted octanol–water partition coefficient (Wildman–Crippen LogP) is 2.70. The maximum atomic E-state index is 11.0. The van der Waals surface area contributed by atoms with Gasteiger partial charge in [0.1, 0.15) is 6.54 Å². The van der Waals surface area contributed by atoms with Gasteiger partial charge in [-0.3, -0.25) is 4.79 Å². The van der Waals surface area contributed by atoms with Gasteiger partial charge in [-0.15, -0.1) is 0 Å². The molecule has 0 aliphatic heterocycles. The fourth-order valence-corrected chi connectivity index (χ4v) is 2.44. The smallest absolute Gasteiger partial charge is 0.323 e. The number of benzene rings is 1. The fourth-order valence-electron chi connectivity index (χ4n) is 2.44. The fraction of sp³-hybridized carbons (Fsp3) is 0.400. The van der Waals surface area contributed by atoms with Crippen molar-refractivity contribution in [2.45, 2.75) is 26.3 Å². The molecular formula is C15H19NO4. The van der Waals surface area contributed by atoms with E-state index >= 15 is 0 Å². The summed E-state index contributed by atoms with van der Waals surface area (Å²) >= 11 is 0. The van der Waals surface area contributed by atoms with Gasteiger partial charge in [0.15, 0.2) is 11.5 Å². The number of carboxylic acids is 1. The van der Waals surface area contributed by atoms with Gasteiger partial charge in [-0.25, -0.2) is 0 Å². The molecule has 0 spiro atoms. The minimum absolute atomic E-state index is 0.0598. The molecule has 20 heavy (non-hydrogen) atoms. The number of fused-ring (bicyclic) bond motifs is 1. The second-order valence-electron chi connectivity index (χ2n) is 4.65. The second-order valence-corrected chi connectivity index (χ2v) is 4.65. The first kappa shape index (κ1) is 14.2. The lowest BCUT2D eigenvalue weighted by Gasteiger charge is -2.09. The van der Waals surface area contributed by atoms with Crippen molar-refractivity contribution in [1.29, 1.82) is 0 Å². The van der Waals surface area contributed by atoms with Crippen LogP contribution >= 0.6 is 0 Å². The second kappa shape index (κ2) is 5.86. The van der Waals surface area contributed by atoms with E-state index in [0.29, 0.717) is 11.5 Å². The van der Waals surface area contributed by atoms with Gasteiger partial charge in [0.2, 0.25) is 0 Å². The Hall–Kier alpha value is -2.17. The van der Waals surface area contributed by atoms with Crippen LogP contribution in [0.5, 0.6) is 11.5 Å². The average molecular weight is 277 g/mol. The zero-order valence-corrected chi connectivity index (χ0v) is 12.0. The lowest BCUT2D eigenvalue weighted by Crippen LogP contribution is -2.07. The van der Waals surface area contributed by atoms with E-state index in [9.17, 15) is 4.79 Å². The van der Waals surface area contributed by atoms with Crippen LogP contribution in [0, 0.1) is 0 Å². The molecule has 0 bridgehead atoms. The molecular weight excluding hydrogens is 258 g/mol. The molecule has 0 saturated carbocycles. The highest BCUT2D eigenvalue weighted by molar-refractivity contribution is 5.88. The zero-order chi connectivity index (χ0) is 14.7. The van der Waals surface area contributed by atoms with E-state index in [1.54, 1.807) is 18.8 Å². The minimum atomic E-state index is -0.861. The summed E-state index contributed by atoms with van der Waals surface area (Å²) in [6.45, 7) is 2.04. The Balaban J connectivity index is 2.65. The number of carboxylic acid groups (broad SMARTS) is 1. The summed E-state index contributed by atoms with van der Waals surface area (Å²) < 4.78 is 12.3. The van der Waals surface area contributed by atoms with Crippen LogP contribution in [0.15, 0.2) is 18.3 Å². The van der Waals surface area contributed by atoms with Crippen molar-refractivity contribution in [1.82, 2.24) is 4.57 Å². The third kappa shape index (κ3) is 2.57. The molecule has 0 saturated heterocycles. The molecule has 0 atom stereocenters. The minimum Gasteiger partial charge on any atom is -0.493 e. The van der Waals surface area contributed by atoms with E-state index in [0.717, 1.165) is 29.3 Å². The number of aliphatic carboxylic acids is 1. The molecule has 5 heteroatoms. The monoisotopic (exact) mass is 277 g/mol. The summed E-state index contributed by atoms with van der Waals surface area (Å²) in [5, 5.41) is 10.0. The molecule has 1 N–H and O–H groups in total. The molecule has 0 radical (unpaired) electrons. The Labute approximate surface area is 117 Å². The van der Waals surface area contributed by atoms with Crippen LogP contribution < -0.4 is 9.47 Å². The van der Waals surface area contributed by atoms with E-state index in [1.807, 2.05) is 18.3 Å². The summed E-state index contributed by atoms with van der Waals surface area (Å²) in [6, 6.07) is 3.74. The molecule has 2 rings (SSSR count). The molecule has 5 nitrogen and oxygen atoms in total. The van der Waals surface area contributed by atoms with Crippen LogP contribution in [0.25, 0.3) is 10.9 Å². The Bertz CT molecular complexity index is 630. The molecule has 0 aliphatic rings. The van der Waals surface area contributed by atoms with Gasteiger partial charge in [0.05, 0.1) is 19.7 Å². The third-order valence-electron chi connectivity index (χ3n) is 3.29. The highest BCUT2D eigenvalue weighted by Gasteiger charge is 2.14. The lowest BCUT2D eigenvalue weighted by atomic mass is 10.1. The van der Waals surface area contributed by atoms with E-state index in [1.165, 1.54) is 0 Å². The Morgan fingerprint density at radius 1 is 1.25 bits per heavy atom. The summed E-state index contributed by atoms with van der Waals surface area (Å²) in [7, 11) is 3.17. The highest BCUT2D eigenvalue weighted by Crippen LogP contribution is 2.35. The Morgan fingerprint density at radius 2 is 1.90 bits per heavy atom. The van der Waals surface area contributed by atoms with Crippen molar-refractivity contribution in [2.24, 2.45) is 0 Å². The largest absolute Gasteiger partial charge is 0.493 e. The van der Waals surface area contributed by atoms with Gasteiger partial charge >= 0.3 is 5.97 Å². The van der Waals surface area contributed by atoms with Gasteiger partial charge in [0.25, 0.3) is 0 Å². The molecule has 108 valence electrons. The van der Waals surface area contributed by atoms with Crippen LogP contribution in [-0.2, 0) is 17.8 Å². The normalized spacial score (nSPS) is 10.8. The standard InChI is InChI=1S/C15H19NO4/c1-4-5-10-8-16(9-15(17)18)12-7-14(20-3)13(19-2)6-11(10)12/h6-8H,4-5,9H2,1-3H3,(H,17,18). The summed E-state index contributed by atoms with van der Waals surface area (Å²) in [6.07, 6.45) is 3.81. The number of nitrogens with zero attached hydrogens (tertiary/aromatic N) is 1. The summed E-state index contributed by atoms with van der Waals surface area (Å²) in [4.78, 5) is 11.0. The Kier molecular flexibility index (Phi) is 4.17. The number of methoxy groups -OCH3 is 2. The summed E-state index contributed by atoms with van der Waals surface area (Å²) in [5.74, 6) is 0.401. The number of rotatable bonds is 6. The van der Waals surface area contributed by atoms with Crippen molar-refractivity contribution < 1.29 is 19.4 Å². The van der Waals surface area contributed by atoms with Crippen LogP contribution in [0.3, 0.4) is 0 Å². The number of aromatic nitrogens is 1. The number of carbonyl (C=O) groups is 1. The maximum absolute atomic E-state index is 11.0. The van der Waals surface area contributed by atoms with Crippen molar-refractivity contribution in [3.63, 3.8) is 0 Å². The quantitative estimate of drug-likeness (QED) is 0.882. The molecule has 1 heterocycles. The average Bonchev–Trinajstić information content (AvgIpc) is 2.74. The number of hydrogen-bond acceptors (Lipinski definition) is 3. The van der Waals surface area contributed by atoms with Gasteiger partial charge in [-0.1, -0.05) is 13.3 Å². The first-order valence-electron chi connectivity index (χ1n) is 6.56. The molecule has 1 aromatic heterocycles. The molecule has 0 fully saturated rings. The molecule has 0 unspecified atom stereocenters. The number of hydrogen-bond donors (Lipinski definition) is 1. The Morgan fingerprint density at radius 3 is 2.45 bits per heavy atom. The van der Waals surface area contributed by atoms with Gasteiger partial charge in [-0.05, 0) is 18.1 Å². The van der Waals surface area contributed by atoms with E-state index in [2.05, 4.69) is 6.92 Å². The number of aryl methyl sites for hydroxylation is 1. The zero-order valence-electron chi connectivity index (χ0n) is 12.0. The lowest BCUT2D eigenvalue weighted by molar-refractivity contribution is -0.137. The van der Waals surface area contributed by atoms with Gasteiger partial charge in [-0.2, -0.15) is 0 Å². The molecule has 2 aromatic rings. The first-order chi connectivity index (χ1) is 9.60. The maximum Gasteiger partial charge on any atom is 0.323 e. The molecule has 0 amide bonds. The van der Waals surface area contributed by atoms with Gasteiger partial charge in [0, 0.05) is 17.6 Å². The molecule has 1 aromatic carbocycles. The predicted molar refractivity (Wildman–Crippen MR) is 76.7 cm³/mol. The van der Waals surface area contributed by atoms with E-state index in [-0.39, 0.29) is 6.54 Å². The van der Waals surface area contributed by atoms with Crippen molar-refractivity contribution in [3.8, 4) is 11.5 Å². The summed E-state index contributed by atoms with van der Waals surface area (Å²) in [5.41, 5.74) is 1.98. The van der Waals surface area contributed by atoms with Crippen molar-refractivity contribution in [2.75, 3.05) is 14.2 Å². The van der Waals surface area contributed by atoms with Crippen molar-refractivity contribution in [3.05, 3.63) is 23.9 Å². The van der Waals surface area contributed by atoms with Gasteiger partial charge < -0.3 is 19.1 Å². The van der Waals surface area contributed by atoms with Crippen molar-refractivity contribution >= 4 is 16.9 Å².